The van der Waals surface area contributed by atoms with Gasteiger partial charge in [-0.25, -0.2) is 4.98 Å². The molecule has 2 aromatic carbocycles. The molecule has 1 aliphatic heterocycles. The lowest BCUT2D eigenvalue weighted by Gasteiger charge is -2.27. The van der Waals surface area contributed by atoms with Crippen molar-refractivity contribution in [1.29, 1.82) is 5.41 Å². The van der Waals surface area contributed by atoms with Crippen molar-refractivity contribution in [2.75, 3.05) is 32.7 Å². The lowest BCUT2D eigenvalue weighted by molar-refractivity contribution is 0.235. The summed E-state index contributed by atoms with van der Waals surface area (Å²) in [7, 11) is 0. The third-order valence-electron chi connectivity index (χ3n) is 5.87. The van der Waals surface area contributed by atoms with Gasteiger partial charge in [0.15, 0.2) is 0 Å². The summed E-state index contributed by atoms with van der Waals surface area (Å²) in [6.07, 6.45) is 3.18. The highest BCUT2D eigenvalue weighted by Crippen LogP contribution is 2.19. The maximum atomic E-state index is 13.4. The summed E-state index contributed by atoms with van der Waals surface area (Å²) in [4.78, 5) is 20.5. The van der Waals surface area contributed by atoms with Crippen LogP contribution in [0.1, 0.15) is 24.8 Å². The molecule has 1 saturated heterocycles. The van der Waals surface area contributed by atoms with E-state index in [1.807, 2.05) is 41.0 Å². The highest BCUT2D eigenvalue weighted by atomic mass is 16.1. The van der Waals surface area contributed by atoms with Gasteiger partial charge in [0.25, 0.3) is 5.56 Å². The predicted molar refractivity (Wildman–Crippen MR) is 126 cm³/mol. The second kappa shape index (κ2) is 9.85. The number of hydrogen-bond donors (Lipinski definition) is 3. The van der Waals surface area contributed by atoms with Gasteiger partial charge < -0.3 is 20.5 Å². The van der Waals surface area contributed by atoms with Crippen LogP contribution in [0.2, 0.25) is 0 Å². The summed E-state index contributed by atoms with van der Waals surface area (Å²) in [6.45, 7) is 6.19. The Bertz CT molecular complexity index is 1120. The first kappa shape index (κ1) is 21.2. The van der Waals surface area contributed by atoms with Gasteiger partial charge in [-0.05, 0) is 37.6 Å². The Morgan fingerprint density at radius 1 is 1.03 bits per heavy atom. The molecule has 0 amide bonds. The molecule has 4 rings (SSSR count). The van der Waals surface area contributed by atoms with Gasteiger partial charge in [-0.3, -0.25) is 10.2 Å². The molecule has 162 valence electrons. The second-order valence-corrected chi connectivity index (χ2v) is 8.05. The summed E-state index contributed by atoms with van der Waals surface area (Å²) in [5.41, 5.74) is 8.89. The SMILES string of the molecule is N=C(N)c1cccc(-c2nc3ccccc3n(CCCCCN3CCNCC3)c2=O)c1. The van der Waals surface area contributed by atoms with Crippen molar-refractivity contribution in [3.8, 4) is 11.3 Å². The average molecular weight is 419 g/mol. The highest BCUT2D eigenvalue weighted by Gasteiger charge is 2.14. The zero-order valence-corrected chi connectivity index (χ0v) is 17.8. The summed E-state index contributed by atoms with van der Waals surface area (Å²) >= 11 is 0. The monoisotopic (exact) mass is 418 g/mol. The molecule has 4 N–H and O–H groups in total. The molecule has 1 aliphatic rings. The first-order valence-corrected chi connectivity index (χ1v) is 11.0. The van der Waals surface area contributed by atoms with Crippen LogP contribution in [0.5, 0.6) is 0 Å². The van der Waals surface area contributed by atoms with Gasteiger partial charge in [0, 0.05) is 43.9 Å². The molecule has 0 radical (unpaired) electrons. The normalized spacial score (nSPS) is 14.7. The number of amidine groups is 1. The van der Waals surface area contributed by atoms with Gasteiger partial charge in [-0.15, -0.1) is 0 Å². The van der Waals surface area contributed by atoms with E-state index < -0.39 is 0 Å². The van der Waals surface area contributed by atoms with Crippen molar-refractivity contribution < 1.29 is 0 Å². The summed E-state index contributed by atoms with van der Waals surface area (Å²) in [6, 6.07) is 15.0. The van der Waals surface area contributed by atoms with Crippen LogP contribution in [-0.4, -0.2) is 53.0 Å². The van der Waals surface area contributed by atoms with E-state index in [0.717, 1.165) is 63.0 Å². The lowest BCUT2D eigenvalue weighted by atomic mass is 10.1. The van der Waals surface area contributed by atoms with Crippen molar-refractivity contribution in [3.63, 3.8) is 0 Å². The van der Waals surface area contributed by atoms with Crippen LogP contribution in [-0.2, 0) is 6.54 Å². The summed E-state index contributed by atoms with van der Waals surface area (Å²) in [5.74, 6) is -0.0209. The van der Waals surface area contributed by atoms with Crippen LogP contribution in [0.25, 0.3) is 22.3 Å². The fourth-order valence-corrected chi connectivity index (χ4v) is 4.15. The van der Waals surface area contributed by atoms with E-state index >= 15 is 0 Å². The Labute approximate surface area is 182 Å². The number of hydrogen-bond acceptors (Lipinski definition) is 5. The van der Waals surface area contributed by atoms with Crippen molar-refractivity contribution in [3.05, 3.63) is 64.4 Å². The minimum Gasteiger partial charge on any atom is -0.384 e. The van der Waals surface area contributed by atoms with E-state index in [-0.39, 0.29) is 11.4 Å². The maximum Gasteiger partial charge on any atom is 0.277 e. The topological polar surface area (TPSA) is 100 Å². The summed E-state index contributed by atoms with van der Waals surface area (Å²) in [5, 5.41) is 11.1. The molecule has 31 heavy (non-hydrogen) atoms. The minimum absolute atomic E-state index is 0.0209. The van der Waals surface area contributed by atoms with Crippen molar-refractivity contribution in [2.24, 2.45) is 5.73 Å². The number of nitrogen functional groups attached to an aromatic ring is 1. The van der Waals surface area contributed by atoms with Gasteiger partial charge in [-0.1, -0.05) is 36.8 Å². The molecule has 0 unspecified atom stereocenters. The van der Waals surface area contributed by atoms with Gasteiger partial charge in [0.05, 0.1) is 11.0 Å². The fraction of sp³-hybridized carbons (Fsp3) is 0.375. The maximum absolute atomic E-state index is 13.4. The molecule has 0 spiro atoms. The Balaban J connectivity index is 1.54. The Morgan fingerprint density at radius 3 is 2.61 bits per heavy atom. The highest BCUT2D eigenvalue weighted by molar-refractivity contribution is 5.96. The van der Waals surface area contributed by atoms with Crippen LogP contribution in [0.4, 0.5) is 0 Å². The number of nitrogens with one attached hydrogen (secondary N) is 2. The van der Waals surface area contributed by atoms with E-state index in [1.54, 1.807) is 12.1 Å². The van der Waals surface area contributed by atoms with Crippen LogP contribution >= 0.6 is 0 Å². The average Bonchev–Trinajstić information content (AvgIpc) is 2.80. The number of aromatic nitrogens is 2. The number of aryl methyl sites for hydroxylation is 1. The molecular formula is C24H30N6O. The number of rotatable bonds is 8. The number of nitrogens with zero attached hydrogens (tertiary/aromatic N) is 3. The van der Waals surface area contributed by atoms with E-state index in [2.05, 4.69) is 15.2 Å². The van der Waals surface area contributed by atoms with Crippen molar-refractivity contribution in [1.82, 2.24) is 19.8 Å². The molecule has 0 aliphatic carbocycles. The van der Waals surface area contributed by atoms with Gasteiger partial charge in [-0.2, -0.15) is 0 Å². The molecule has 0 bridgehead atoms. The number of para-hydroxylation sites is 2. The van der Waals surface area contributed by atoms with Crippen molar-refractivity contribution in [2.45, 2.75) is 25.8 Å². The fourth-order valence-electron chi connectivity index (χ4n) is 4.15. The molecule has 1 fully saturated rings. The van der Waals surface area contributed by atoms with Gasteiger partial charge in [0.1, 0.15) is 11.5 Å². The molecule has 7 heteroatoms. The Hall–Kier alpha value is -3.03. The molecule has 7 nitrogen and oxygen atoms in total. The minimum atomic E-state index is -0.0958. The Morgan fingerprint density at radius 2 is 1.81 bits per heavy atom. The molecule has 2 heterocycles. The van der Waals surface area contributed by atoms with Crippen LogP contribution < -0.4 is 16.6 Å². The lowest BCUT2D eigenvalue weighted by Crippen LogP contribution is -2.43. The zero-order valence-electron chi connectivity index (χ0n) is 17.8. The molecule has 3 aromatic rings. The number of piperazine rings is 1. The number of unbranched alkanes of at least 4 members (excludes halogenated alkanes) is 2. The quantitative estimate of drug-likeness (QED) is 0.296. The molecule has 1 aromatic heterocycles. The van der Waals surface area contributed by atoms with Crippen LogP contribution in [0.3, 0.4) is 0 Å². The number of benzene rings is 2. The van der Waals surface area contributed by atoms with Crippen molar-refractivity contribution >= 4 is 16.9 Å². The molecule has 0 atom stereocenters. The van der Waals surface area contributed by atoms with E-state index in [4.69, 9.17) is 11.1 Å². The van der Waals surface area contributed by atoms with E-state index in [1.165, 1.54) is 0 Å². The summed E-state index contributed by atoms with van der Waals surface area (Å²) < 4.78 is 1.85. The standard InChI is InChI=1S/C24H30N6O/c25-23(26)19-8-6-7-18(17-19)22-24(31)30(21-10-3-2-9-20(21)28-22)14-5-1-4-13-29-15-11-27-12-16-29/h2-3,6-10,17,27H,1,4-5,11-16H2,(H3,25,26). The Kier molecular flexibility index (Phi) is 6.74. The third-order valence-corrected chi connectivity index (χ3v) is 5.87. The largest absolute Gasteiger partial charge is 0.384 e. The first-order valence-electron chi connectivity index (χ1n) is 11.0. The van der Waals surface area contributed by atoms with Crippen LogP contribution in [0.15, 0.2) is 53.3 Å². The number of nitrogens with two attached hydrogens (primary N) is 1. The number of fused-ring (bicyclic) bond motifs is 1. The van der Waals surface area contributed by atoms with Gasteiger partial charge in [0.2, 0.25) is 0 Å². The third kappa shape index (κ3) is 5.00. The van der Waals surface area contributed by atoms with E-state index in [0.29, 0.717) is 23.4 Å². The van der Waals surface area contributed by atoms with E-state index in [9.17, 15) is 4.79 Å². The smallest absolute Gasteiger partial charge is 0.277 e. The molecule has 0 saturated carbocycles. The van der Waals surface area contributed by atoms with Gasteiger partial charge >= 0.3 is 0 Å². The molecular weight excluding hydrogens is 388 g/mol. The second-order valence-electron chi connectivity index (χ2n) is 8.05. The predicted octanol–water partition coefficient (Wildman–Crippen LogP) is 2.42. The first-order chi connectivity index (χ1) is 15.1. The zero-order chi connectivity index (χ0) is 21.6. The van der Waals surface area contributed by atoms with Crippen LogP contribution in [0, 0.1) is 5.41 Å².